The Kier molecular flexibility index (Phi) is 7.18. The molecule has 0 aliphatic heterocycles. The Bertz CT molecular complexity index is 1140. The topological polar surface area (TPSA) is 135 Å². The van der Waals surface area contributed by atoms with E-state index in [9.17, 15) is 14.4 Å². The molecule has 166 valence electrons. The summed E-state index contributed by atoms with van der Waals surface area (Å²) in [5.41, 5.74) is 6.12. The molecule has 0 radical (unpaired) electrons. The number of rotatable bonds is 8. The minimum Gasteiger partial charge on any atom is -0.364 e. The highest BCUT2D eigenvalue weighted by Gasteiger charge is 2.23. The van der Waals surface area contributed by atoms with Crippen molar-refractivity contribution in [2.75, 3.05) is 32.5 Å². The van der Waals surface area contributed by atoms with Crippen LogP contribution < -0.4 is 16.4 Å². The van der Waals surface area contributed by atoms with Gasteiger partial charge in [-0.2, -0.15) is 0 Å². The average Bonchev–Trinajstić information content (AvgIpc) is 3.20. The van der Waals surface area contributed by atoms with Crippen molar-refractivity contribution in [2.24, 2.45) is 5.73 Å². The van der Waals surface area contributed by atoms with Crippen LogP contribution >= 0.6 is 11.6 Å². The normalized spacial score (nSPS) is 10.8. The van der Waals surface area contributed by atoms with Crippen LogP contribution in [0.4, 0.5) is 5.82 Å². The maximum absolute atomic E-state index is 12.4. The SMILES string of the molecule is CN(C)CCNC(=O)c1ncn(-c2ccc(NC(=O)c3ccccc3Cl)nc2)c1C(N)=O. The molecule has 0 saturated heterocycles. The van der Waals surface area contributed by atoms with Crippen LogP contribution in [0.5, 0.6) is 0 Å². The molecule has 0 aliphatic rings. The lowest BCUT2D eigenvalue weighted by molar-refractivity contribution is 0.0928. The van der Waals surface area contributed by atoms with Crippen LogP contribution in [0.15, 0.2) is 48.9 Å². The minimum absolute atomic E-state index is 0.0676. The van der Waals surface area contributed by atoms with E-state index >= 15 is 0 Å². The second-order valence-corrected chi connectivity index (χ2v) is 7.48. The van der Waals surface area contributed by atoms with E-state index in [0.717, 1.165) is 0 Å². The van der Waals surface area contributed by atoms with Crippen molar-refractivity contribution in [1.29, 1.82) is 0 Å². The van der Waals surface area contributed by atoms with Crippen molar-refractivity contribution < 1.29 is 14.4 Å². The fourth-order valence-corrected chi connectivity index (χ4v) is 3.08. The molecular weight excluding hydrogens is 434 g/mol. The second kappa shape index (κ2) is 10.0. The number of imidazole rings is 1. The molecule has 0 fully saturated rings. The summed E-state index contributed by atoms with van der Waals surface area (Å²) < 4.78 is 1.37. The lowest BCUT2D eigenvalue weighted by Gasteiger charge is -2.11. The maximum atomic E-state index is 12.4. The van der Waals surface area contributed by atoms with E-state index in [1.54, 1.807) is 36.4 Å². The molecule has 3 aromatic rings. The van der Waals surface area contributed by atoms with E-state index in [-0.39, 0.29) is 17.2 Å². The number of carbonyl (C=O) groups excluding carboxylic acids is 3. The predicted molar refractivity (Wildman–Crippen MR) is 120 cm³/mol. The van der Waals surface area contributed by atoms with Crippen molar-refractivity contribution >= 4 is 35.1 Å². The number of hydrogen-bond donors (Lipinski definition) is 3. The number of benzene rings is 1. The van der Waals surface area contributed by atoms with E-state index in [2.05, 4.69) is 20.6 Å². The summed E-state index contributed by atoms with van der Waals surface area (Å²) in [7, 11) is 3.76. The van der Waals surface area contributed by atoms with E-state index in [4.69, 9.17) is 17.3 Å². The number of amides is 3. The third-order valence-electron chi connectivity index (χ3n) is 4.45. The third-order valence-corrected chi connectivity index (χ3v) is 4.78. The molecule has 1 aromatic carbocycles. The number of hydrogen-bond acceptors (Lipinski definition) is 6. The highest BCUT2D eigenvalue weighted by molar-refractivity contribution is 6.34. The Morgan fingerprint density at radius 3 is 2.47 bits per heavy atom. The van der Waals surface area contributed by atoms with Crippen molar-refractivity contribution in [1.82, 2.24) is 24.8 Å². The second-order valence-electron chi connectivity index (χ2n) is 7.07. The van der Waals surface area contributed by atoms with Crippen LogP contribution in [0, 0.1) is 0 Å². The fourth-order valence-electron chi connectivity index (χ4n) is 2.85. The summed E-state index contributed by atoms with van der Waals surface area (Å²) in [6, 6.07) is 9.80. The molecule has 0 bridgehead atoms. The number of anilines is 1. The van der Waals surface area contributed by atoms with E-state index in [0.29, 0.717) is 29.4 Å². The van der Waals surface area contributed by atoms with Gasteiger partial charge in [0.2, 0.25) is 0 Å². The van der Waals surface area contributed by atoms with Crippen LogP contribution in [-0.4, -0.2) is 64.3 Å². The number of carbonyl (C=O) groups is 3. The smallest absolute Gasteiger partial charge is 0.272 e. The quantitative estimate of drug-likeness (QED) is 0.471. The van der Waals surface area contributed by atoms with E-state index < -0.39 is 17.7 Å². The first-order valence-corrected chi connectivity index (χ1v) is 9.98. The first-order chi connectivity index (χ1) is 15.3. The fraction of sp³-hybridized carbons (Fsp3) is 0.190. The van der Waals surface area contributed by atoms with Gasteiger partial charge in [0, 0.05) is 13.1 Å². The number of nitrogens with zero attached hydrogens (tertiary/aromatic N) is 4. The predicted octanol–water partition coefficient (Wildman–Crippen LogP) is 1.56. The zero-order valence-electron chi connectivity index (χ0n) is 17.5. The molecule has 3 rings (SSSR count). The van der Waals surface area contributed by atoms with Gasteiger partial charge >= 0.3 is 0 Å². The standard InChI is InChI=1S/C21H22ClN7O3/c1-28(2)10-9-24-21(32)17-18(19(23)30)29(12-26-17)13-7-8-16(25-11-13)27-20(31)14-5-3-4-6-15(14)22/h3-8,11-12H,9-10H2,1-2H3,(H2,23,30)(H,24,32)(H,25,27,31). The van der Waals surface area contributed by atoms with Crippen molar-refractivity contribution in [2.45, 2.75) is 0 Å². The Morgan fingerprint density at radius 2 is 1.84 bits per heavy atom. The van der Waals surface area contributed by atoms with Gasteiger partial charge in [-0.3, -0.25) is 19.0 Å². The van der Waals surface area contributed by atoms with Crippen LogP contribution in [0.3, 0.4) is 0 Å². The number of nitrogens with one attached hydrogen (secondary N) is 2. The van der Waals surface area contributed by atoms with Gasteiger partial charge in [0.05, 0.1) is 22.5 Å². The average molecular weight is 456 g/mol. The van der Waals surface area contributed by atoms with Crippen LogP contribution in [0.25, 0.3) is 5.69 Å². The molecule has 32 heavy (non-hydrogen) atoms. The number of aromatic nitrogens is 3. The first kappa shape index (κ1) is 22.9. The molecule has 0 unspecified atom stereocenters. The van der Waals surface area contributed by atoms with Gasteiger partial charge in [0.25, 0.3) is 17.7 Å². The molecule has 4 N–H and O–H groups in total. The van der Waals surface area contributed by atoms with Gasteiger partial charge in [-0.25, -0.2) is 9.97 Å². The number of halogens is 1. The Labute approximate surface area is 189 Å². The number of nitrogens with two attached hydrogens (primary N) is 1. The highest BCUT2D eigenvalue weighted by atomic mass is 35.5. The van der Waals surface area contributed by atoms with Crippen molar-refractivity contribution in [3.8, 4) is 5.69 Å². The van der Waals surface area contributed by atoms with Gasteiger partial charge < -0.3 is 21.3 Å². The summed E-state index contributed by atoms with van der Waals surface area (Å²) in [6.07, 6.45) is 2.74. The molecule has 10 nitrogen and oxygen atoms in total. The molecule has 0 atom stereocenters. The Morgan fingerprint density at radius 1 is 1.09 bits per heavy atom. The van der Waals surface area contributed by atoms with E-state index in [1.165, 1.54) is 17.1 Å². The van der Waals surface area contributed by atoms with Gasteiger partial charge in [-0.15, -0.1) is 0 Å². The molecular formula is C21H22ClN7O3. The summed E-state index contributed by atoms with van der Waals surface area (Å²) >= 11 is 6.04. The minimum atomic E-state index is -0.809. The molecule has 11 heteroatoms. The maximum Gasteiger partial charge on any atom is 0.272 e. The van der Waals surface area contributed by atoms with Crippen molar-refractivity contribution in [3.63, 3.8) is 0 Å². The van der Waals surface area contributed by atoms with Crippen molar-refractivity contribution in [3.05, 3.63) is 70.9 Å². The largest absolute Gasteiger partial charge is 0.364 e. The van der Waals surface area contributed by atoms with Gasteiger partial charge in [0.15, 0.2) is 5.69 Å². The zero-order chi connectivity index (χ0) is 23.3. The highest BCUT2D eigenvalue weighted by Crippen LogP contribution is 2.18. The molecule has 3 amide bonds. The van der Waals surface area contributed by atoms with Crippen LogP contribution in [0.1, 0.15) is 31.3 Å². The molecule has 2 aromatic heterocycles. The summed E-state index contributed by atoms with van der Waals surface area (Å²) in [4.78, 5) is 47.0. The summed E-state index contributed by atoms with van der Waals surface area (Å²) in [5.74, 6) is -1.44. The molecule has 0 spiro atoms. The molecule has 0 aliphatic carbocycles. The lowest BCUT2D eigenvalue weighted by Crippen LogP contribution is -2.33. The monoisotopic (exact) mass is 455 g/mol. The first-order valence-electron chi connectivity index (χ1n) is 9.60. The third kappa shape index (κ3) is 5.29. The Balaban J connectivity index is 1.79. The van der Waals surface area contributed by atoms with Gasteiger partial charge in [-0.1, -0.05) is 23.7 Å². The van der Waals surface area contributed by atoms with Gasteiger partial charge in [-0.05, 0) is 38.4 Å². The van der Waals surface area contributed by atoms with E-state index in [1.807, 2.05) is 19.0 Å². The van der Waals surface area contributed by atoms with Crippen LogP contribution in [-0.2, 0) is 0 Å². The number of pyridine rings is 1. The zero-order valence-corrected chi connectivity index (χ0v) is 18.3. The molecule has 0 saturated carbocycles. The van der Waals surface area contributed by atoms with Gasteiger partial charge in [0.1, 0.15) is 17.8 Å². The number of primary amides is 1. The Hall–Kier alpha value is -3.76. The number of likely N-dealkylation sites (N-methyl/N-ethyl adjacent to an activating group) is 1. The van der Waals surface area contributed by atoms with Crippen LogP contribution in [0.2, 0.25) is 5.02 Å². The summed E-state index contributed by atoms with van der Waals surface area (Å²) in [5, 5.41) is 5.68. The summed E-state index contributed by atoms with van der Waals surface area (Å²) in [6.45, 7) is 1.02. The molecule has 2 heterocycles. The lowest BCUT2D eigenvalue weighted by atomic mass is 10.2.